The molecule has 0 spiro atoms. The molecule has 2 N–H and O–H groups in total. The van der Waals surface area contributed by atoms with E-state index >= 15 is 0 Å². The average molecular weight is 359 g/mol. The summed E-state index contributed by atoms with van der Waals surface area (Å²) in [6, 6.07) is 9.07. The van der Waals surface area contributed by atoms with E-state index in [-0.39, 0.29) is 25.0 Å². The Morgan fingerprint density at radius 3 is 2.72 bits per heavy atom. The molecule has 1 aromatic carbocycles. The lowest BCUT2D eigenvalue weighted by molar-refractivity contribution is -0.125. The van der Waals surface area contributed by atoms with Gasteiger partial charge in [0.2, 0.25) is 5.91 Å². The fraction of sp³-hybridized carbons (Fsp3) is 0.389. The van der Waals surface area contributed by atoms with Crippen molar-refractivity contribution in [3.8, 4) is 5.75 Å². The monoisotopic (exact) mass is 359 g/mol. The Kier molecular flexibility index (Phi) is 6.00. The predicted octanol–water partition coefficient (Wildman–Crippen LogP) is 2.55. The summed E-state index contributed by atoms with van der Waals surface area (Å²) in [5.41, 5.74) is 1.11. The molecule has 2 amide bonds. The minimum Gasteiger partial charge on any atom is -0.484 e. The lowest BCUT2D eigenvalue weighted by atomic mass is 10.2. The smallest absolute Gasteiger partial charge is 0.258 e. The maximum absolute atomic E-state index is 12.0. The van der Waals surface area contributed by atoms with Crippen LogP contribution in [0.1, 0.15) is 29.8 Å². The maximum atomic E-state index is 12.0. The van der Waals surface area contributed by atoms with E-state index in [0.717, 1.165) is 25.0 Å². The van der Waals surface area contributed by atoms with Crippen molar-refractivity contribution in [2.75, 3.05) is 18.5 Å². The Morgan fingerprint density at radius 1 is 1.08 bits per heavy atom. The Bertz CT molecular complexity index is 707. The zero-order valence-corrected chi connectivity index (χ0v) is 14.7. The van der Waals surface area contributed by atoms with Crippen LogP contribution in [0.15, 0.2) is 30.3 Å². The highest BCUT2D eigenvalue weighted by Crippen LogP contribution is 2.28. The number of rotatable bonds is 6. The molecule has 0 saturated carbocycles. The summed E-state index contributed by atoms with van der Waals surface area (Å²) >= 11 is 1.54. The number of carbonyl (C=O) groups is 2. The number of hydrogen-bond donors (Lipinski definition) is 2. The predicted molar refractivity (Wildman–Crippen MR) is 96.9 cm³/mol. The number of anilines is 1. The lowest BCUT2D eigenvalue weighted by Gasteiger charge is -2.07. The Labute approximate surface area is 150 Å². The van der Waals surface area contributed by atoms with E-state index in [4.69, 9.17) is 4.74 Å². The van der Waals surface area contributed by atoms with Crippen molar-refractivity contribution in [3.05, 3.63) is 40.9 Å². The number of fused-ring (bicyclic) bond motifs is 1. The van der Waals surface area contributed by atoms with E-state index in [9.17, 15) is 9.59 Å². The summed E-state index contributed by atoms with van der Waals surface area (Å²) in [7, 11) is 0. The van der Waals surface area contributed by atoms with E-state index in [0.29, 0.717) is 10.9 Å². The third-order valence-corrected chi connectivity index (χ3v) is 4.97. The number of amides is 2. The van der Waals surface area contributed by atoms with Gasteiger partial charge in [0.15, 0.2) is 11.7 Å². The van der Waals surface area contributed by atoms with Crippen LogP contribution in [0.2, 0.25) is 0 Å². The number of thiazole rings is 1. The van der Waals surface area contributed by atoms with Gasteiger partial charge in [-0.15, -0.1) is 11.3 Å². The van der Waals surface area contributed by atoms with Gasteiger partial charge in [-0.05, 0) is 37.8 Å². The molecule has 0 atom stereocenters. The normalized spacial score (nSPS) is 13.4. The molecule has 25 heavy (non-hydrogen) atoms. The highest BCUT2D eigenvalue weighted by Gasteiger charge is 2.15. The van der Waals surface area contributed by atoms with Crippen LogP contribution in [0.25, 0.3) is 0 Å². The van der Waals surface area contributed by atoms with Crippen molar-refractivity contribution in [2.45, 2.75) is 32.1 Å². The van der Waals surface area contributed by atoms with Gasteiger partial charge in [0, 0.05) is 4.88 Å². The number of ether oxygens (including phenoxy) is 1. The number of benzene rings is 1. The van der Waals surface area contributed by atoms with Crippen LogP contribution in [-0.2, 0) is 22.4 Å². The van der Waals surface area contributed by atoms with Crippen molar-refractivity contribution in [3.63, 3.8) is 0 Å². The van der Waals surface area contributed by atoms with Crippen molar-refractivity contribution in [2.24, 2.45) is 0 Å². The molecule has 7 heteroatoms. The SMILES string of the molecule is O=C(COc1ccccc1)NCC(=O)Nc1nc2c(s1)CCCCC2. The largest absolute Gasteiger partial charge is 0.484 e. The third-order valence-electron chi connectivity index (χ3n) is 3.90. The summed E-state index contributed by atoms with van der Waals surface area (Å²) in [4.78, 5) is 29.5. The number of para-hydroxylation sites is 1. The zero-order chi connectivity index (χ0) is 17.5. The molecule has 132 valence electrons. The first-order valence-corrected chi connectivity index (χ1v) is 9.25. The average Bonchev–Trinajstić information content (AvgIpc) is 2.87. The fourth-order valence-electron chi connectivity index (χ4n) is 2.64. The standard InChI is InChI=1S/C18H21N3O3S/c22-16(11-19-17(23)12-24-13-7-3-1-4-8-13)21-18-20-14-9-5-2-6-10-15(14)25-18/h1,3-4,7-8H,2,5-6,9-12H2,(H,19,23)(H,20,21,22). The molecular weight excluding hydrogens is 338 g/mol. The molecule has 0 unspecified atom stereocenters. The van der Waals surface area contributed by atoms with Crippen molar-refractivity contribution < 1.29 is 14.3 Å². The molecule has 2 aromatic rings. The van der Waals surface area contributed by atoms with Crippen LogP contribution >= 0.6 is 11.3 Å². The number of aromatic nitrogens is 1. The minimum atomic E-state index is -0.339. The van der Waals surface area contributed by atoms with Gasteiger partial charge < -0.3 is 15.4 Å². The van der Waals surface area contributed by atoms with Gasteiger partial charge in [-0.1, -0.05) is 24.6 Å². The zero-order valence-electron chi connectivity index (χ0n) is 13.9. The molecule has 0 aliphatic heterocycles. The lowest BCUT2D eigenvalue weighted by Crippen LogP contribution is -2.35. The van der Waals surface area contributed by atoms with Gasteiger partial charge in [0.1, 0.15) is 5.75 Å². The van der Waals surface area contributed by atoms with E-state index in [2.05, 4.69) is 15.6 Å². The van der Waals surface area contributed by atoms with Crippen LogP contribution in [0, 0.1) is 0 Å². The first-order chi connectivity index (χ1) is 12.2. The first-order valence-electron chi connectivity index (χ1n) is 8.43. The summed E-state index contributed by atoms with van der Waals surface area (Å²) in [6.07, 6.45) is 5.59. The summed E-state index contributed by atoms with van der Waals surface area (Å²) in [5.74, 6) is -0.00252. The topological polar surface area (TPSA) is 80.3 Å². The second kappa shape index (κ2) is 8.62. The second-order valence-electron chi connectivity index (χ2n) is 5.88. The van der Waals surface area contributed by atoms with Crippen molar-refractivity contribution >= 4 is 28.3 Å². The molecule has 1 aliphatic carbocycles. The van der Waals surface area contributed by atoms with Gasteiger partial charge in [-0.25, -0.2) is 4.98 Å². The van der Waals surface area contributed by atoms with Gasteiger partial charge >= 0.3 is 0 Å². The number of hydrogen-bond acceptors (Lipinski definition) is 5. The summed E-state index contributed by atoms with van der Waals surface area (Å²) in [5, 5.41) is 5.92. The molecule has 0 radical (unpaired) electrons. The number of nitrogens with one attached hydrogen (secondary N) is 2. The summed E-state index contributed by atoms with van der Waals surface area (Å²) < 4.78 is 5.33. The molecule has 0 saturated heterocycles. The fourth-order valence-corrected chi connectivity index (χ4v) is 3.71. The van der Waals surface area contributed by atoms with Crippen molar-refractivity contribution in [1.29, 1.82) is 0 Å². The highest BCUT2D eigenvalue weighted by molar-refractivity contribution is 7.15. The van der Waals surface area contributed by atoms with Crippen LogP contribution < -0.4 is 15.4 Å². The van der Waals surface area contributed by atoms with Gasteiger partial charge in [-0.3, -0.25) is 9.59 Å². The van der Waals surface area contributed by atoms with Gasteiger partial charge in [0.25, 0.3) is 5.91 Å². The Morgan fingerprint density at radius 2 is 1.88 bits per heavy atom. The number of nitrogens with zero attached hydrogens (tertiary/aromatic N) is 1. The molecular formula is C18H21N3O3S. The van der Waals surface area contributed by atoms with Crippen LogP contribution in [0.5, 0.6) is 5.75 Å². The van der Waals surface area contributed by atoms with E-state index in [1.54, 1.807) is 12.1 Å². The third kappa shape index (κ3) is 5.29. The summed E-state index contributed by atoms with van der Waals surface area (Å²) in [6.45, 7) is -0.218. The maximum Gasteiger partial charge on any atom is 0.258 e. The van der Waals surface area contributed by atoms with E-state index in [1.807, 2.05) is 18.2 Å². The number of carbonyl (C=O) groups excluding carboxylic acids is 2. The van der Waals surface area contributed by atoms with Crippen LogP contribution in [-0.4, -0.2) is 29.9 Å². The molecule has 1 heterocycles. The van der Waals surface area contributed by atoms with Gasteiger partial charge in [-0.2, -0.15) is 0 Å². The first kappa shape index (κ1) is 17.4. The van der Waals surface area contributed by atoms with Gasteiger partial charge in [0.05, 0.1) is 12.2 Å². The molecule has 1 aliphatic rings. The Balaban J connectivity index is 1.41. The quantitative estimate of drug-likeness (QED) is 0.777. The Hall–Kier alpha value is -2.41. The molecule has 6 nitrogen and oxygen atoms in total. The molecule has 0 fully saturated rings. The molecule has 1 aromatic heterocycles. The van der Waals surface area contributed by atoms with E-state index < -0.39 is 0 Å². The molecule has 3 rings (SSSR count). The van der Waals surface area contributed by atoms with Crippen LogP contribution in [0.3, 0.4) is 0 Å². The second-order valence-corrected chi connectivity index (χ2v) is 6.96. The van der Waals surface area contributed by atoms with Crippen LogP contribution in [0.4, 0.5) is 5.13 Å². The minimum absolute atomic E-state index is 0.0960. The highest BCUT2D eigenvalue weighted by atomic mass is 32.1. The van der Waals surface area contributed by atoms with Crippen molar-refractivity contribution in [1.82, 2.24) is 10.3 Å². The number of aryl methyl sites for hydroxylation is 2. The molecule has 0 bridgehead atoms. The van der Waals surface area contributed by atoms with E-state index in [1.165, 1.54) is 29.1 Å².